The van der Waals surface area contributed by atoms with Crippen LogP contribution in [0.15, 0.2) is 36.4 Å². The molecule has 4 nitrogen and oxygen atoms in total. The van der Waals surface area contributed by atoms with Crippen molar-refractivity contribution in [3.63, 3.8) is 0 Å². The van der Waals surface area contributed by atoms with E-state index in [1.165, 1.54) is 24.3 Å². The van der Waals surface area contributed by atoms with Gasteiger partial charge in [0.25, 0.3) is 0 Å². The van der Waals surface area contributed by atoms with Crippen molar-refractivity contribution < 1.29 is 19.0 Å². The van der Waals surface area contributed by atoms with Crippen molar-refractivity contribution in [1.82, 2.24) is 0 Å². The first kappa shape index (κ1) is 14.8. The van der Waals surface area contributed by atoms with Crippen LogP contribution in [0.25, 0.3) is 0 Å². The van der Waals surface area contributed by atoms with Gasteiger partial charge in [-0.1, -0.05) is 17.7 Å². The summed E-state index contributed by atoms with van der Waals surface area (Å²) in [6.45, 7) is -0.00809. The molecule has 0 heterocycles. The van der Waals surface area contributed by atoms with Crippen LogP contribution in [0, 0.1) is 17.1 Å². The first-order valence-corrected chi connectivity index (χ1v) is 6.23. The van der Waals surface area contributed by atoms with Gasteiger partial charge in [0.2, 0.25) is 0 Å². The van der Waals surface area contributed by atoms with Crippen molar-refractivity contribution in [2.24, 2.45) is 0 Å². The monoisotopic (exact) mass is 305 g/mol. The quantitative estimate of drug-likeness (QED) is 0.936. The standard InChI is InChI=1S/C15H9ClFNO3/c16-11-3-2-10(7-18)14(6-11)21-8-9-1-4-12(15(19)20)13(17)5-9/h1-6H,8H2,(H,19,20). The molecule has 0 saturated carbocycles. The second-order valence-electron chi connectivity index (χ2n) is 4.16. The molecule has 0 saturated heterocycles. The first-order chi connectivity index (χ1) is 10.0. The van der Waals surface area contributed by atoms with E-state index in [-0.39, 0.29) is 12.4 Å². The minimum Gasteiger partial charge on any atom is -0.487 e. The summed E-state index contributed by atoms with van der Waals surface area (Å²) in [5.41, 5.74) is 0.350. The zero-order valence-electron chi connectivity index (χ0n) is 10.6. The highest BCUT2D eigenvalue weighted by atomic mass is 35.5. The third kappa shape index (κ3) is 3.50. The molecular formula is C15H9ClFNO3. The molecular weight excluding hydrogens is 297 g/mol. The number of ether oxygens (including phenoxy) is 1. The van der Waals surface area contributed by atoms with E-state index in [0.717, 1.165) is 6.07 Å². The summed E-state index contributed by atoms with van der Waals surface area (Å²) >= 11 is 5.82. The van der Waals surface area contributed by atoms with E-state index in [4.69, 9.17) is 26.7 Å². The van der Waals surface area contributed by atoms with Crippen LogP contribution in [-0.4, -0.2) is 11.1 Å². The summed E-state index contributed by atoms with van der Waals surface area (Å²) in [5.74, 6) is -1.88. The van der Waals surface area contributed by atoms with Crippen LogP contribution in [0.1, 0.15) is 21.5 Å². The highest BCUT2D eigenvalue weighted by molar-refractivity contribution is 6.30. The van der Waals surface area contributed by atoms with Crippen LogP contribution in [0.3, 0.4) is 0 Å². The van der Waals surface area contributed by atoms with Crippen molar-refractivity contribution in [2.75, 3.05) is 0 Å². The molecule has 0 radical (unpaired) electrons. The van der Waals surface area contributed by atoms with Crippen LogP contribution in [0.5, 0.6) is 5.75 Å². The second-order valence-corrected chi connectivity index (χ2v) is 4.60. The molecule has 0 fully saturated rings. The number of nitriles is 1. The Morgan fingerprint density at radius 1 is 1.33 bits per heavy atom. The third-order valence-corrected chi connectivity index (χ3v) is 2.96. The van der Waals surface area contributed by atoms with E-state index in [0.29, 0.717) is 16.1 Å². The number of carboxylic acids is 1. The zero-order chi connectivity index (χ0) is 15.4. The predicted octanol–water partition coefficient (Wildman–Crippen LogP) is 3.63. The maximum absolute atomic E-state index is 13.5. The predicted molar refractivity (Wildman–Crippen MR) is 73.9 cm³/mol. The average molecular weight is 306 g/mol. The summed E-state index contributed by atoms with van der Waals surface area (Å²) in [5, 5.41) is 18.1. The van der Waals surface area contributed by atoms with Gasteiger partial charge in [0, 0.05) is 11.1 Å². The molecule has 0 aromatic heterocycles. The van der Waals surface area contributed by atoms with Crippen LogP contribution >= 0.6 is 11.6 Å². The van der Waals surface area contributed by atoms with E-state index in [1.54, 1.807) is 6.07 Å². The fourth-order valence-corrected chi connectivity index (χ4v) is 1.85. The number of carboxylic acid groups (broad SMARTS) is 1. The molecule has 2 rings (SSSR count). The third-order valence-electron chi connectivity index (χ3n) is 2.72. The van der Waals surface area contributed by atoms with Crippen LogP contribution in [0.2, 0.25) is 5.02 Å². The number of nitrogens with zero attached hydrogens (tertiary/aromatic N) is 1. The summed E-state index contributed by atoms with van der Waals surface area (Å²) in [6.07, 6.45) is 0. The van der Waals surface area contributed by atoms with Gasteiger partial charge in [-0.05, 0) is 29.8 Å². The Balaban J connectivity index is 2.17. The molecule has 106 valence electrons. The molecule has 0 bridgehead atoms. The van der Waals surface area contributed by atoms with E-state index < -0.39 is 17.3 Å². The minimum atomic E-state index is -1.33. The average Bonchev–Trinajstić information content (AvgIpc) is 2.45. The number of benzene rings is 2. The normalized spacial score (nSPS) is 9.95. The second kappa shape index (κ2) is 6.25. The molecule has 2 aromatic rings. The molecule has 0 aliphatic rings. The van der Waals surface area contributed by atoms with Crippen molar-refractivity contribution in [3.05, 3.63) is 63.9 Å². The Labute approximate surface area is 125 Å². The minimum absolute atomic E-state index is 0.00809. The molecule has 0 spiro atoms. The van der Waals surface area contributed by atoms with Crippen LogP contribution < -0.4 is 4.74 Å². The maximum atomic E-state index is 13.5. The van der Waals surface area contributed by atoms with Crippen molar-refractivity contribution >= 4 is 17.6 Å². The molecule has 0 amide bonds. The van der Waals surface area contributed by atoms with Gasteiger partial charge in [-0.25, -0.2) is 9.18 Å². The number of hydrogen-bond acceptors (Lipinski definition) is 3. The number of rotatable bonds is 4. The molecule has 21 heavy (non-hydrogen) atoms. The Morgan fingerprint density at radius 2 is 2.10 bits per heavy atom. The summed E-state index contributed by atoms with van der Waals surface area (Å²) < 4.78 is 19.0. The zero-order valence-corrected chi connectivity index (χ0v) is 11.4. The van der Waals surface area contributed by atoms with Gasteiger partial charge in [-0.3, -0.25) is 0 Å². The highest BCUT2D eigenvalue weighted by Gasteiger charge is 2.11. The van der Waals surface area contributed by atoms with E-state index in [1.807, 2.05) is 6.07 Å². The fraction of sp³-hybridized carbons (Fsp3) is 0.0667. The topological polar surface area (TPSA) is 70.3 Å². The van der Waals surface area contributed by atoms with Crippen molar-refractivity contribution in [1.29, 1.82) is 5.26 Å². The van der Waals surface area contributed by atoms with Gasteiger partial charge in [0.05, 0.1) is 11.1 Å². The lowest BCUT2D eigenvalue weighted by atomic mass is 10.1. The first-order valence-electron chi connectivity index (χ1n) is 5.85. The molecule has 0 aliphatic carbocycles. The fourth-order valence-electron chi connectivity index (χ4n) is 1.69. The number of hydrogen-bond donors (Lipinski definition) is 1. The lowest BCUT2D eigenvalue weighted by Crippen LogP contribution is -2.03. The Morgan fingerprint density at radius 3 is 2.71 bits per heavy atom. The maximum Gasteiger partial charge on any atom is 0.338 e. The Hall–Kier alpha value is -2.58. The summed E-state index contributed by atoms with van der Waals surface area (Å²) in [7, 11) is 0. The SMILES string of the molecule is N#Cc1ccc(Cl)cc1OCc1ccc(C(=O)O)c(F)c1. The number of aromatic carboxylic acids is 1. The summed E-state index contributed by atoms with van der Waals surface area (Å²) in [6, 6.07) is 10.2. The van der Waals surface area contributed by atoms with Gasteiger partial charge in [-0.2, -0.15) is 5.26 Å². The van der Waals surface area contributed by atoms with Crippen molar-refractivity contribution in [3.8, 4) is 11.8 Å². The van der Waals surface area contributed by atoms with E-state index in [2.05, 4.69) is 0 Å². The largest absolute Gasteiger partial charge is 0.487 e. The highest BCUT2D eigenvalue weighted by Crippen LogP contribution is 2.24. The molecule has 0 atom stereocenters. The number of carbonyl (C=O) groups is 1. The molecule has 6 heteroatoms. The van der Waals surface area contributed by atoms with Crippen LogP contribution in [-0.2, 0) is 6.61 Å². The van der Waals surface area contributed by atoms with Gasteiger partial charge >= 0.3 is 5.97 Å². The Bertz CT molecular complexity index is 740. The smallest absolute Gasteiger partial charge is 0.338 e. The van der Waals surface area contributed by atoms with Gasteiger partial charge in [0.1, 0.15) is 24.2 Å². The molecule has 2 aromatic carbocycles. The lowest BCUT2D eigenvalue weighted by molar-refractivity contribution is 0.0692. The van der Waals surface area contributed by atoms with E-state index in [9.17, 15) is 9.18 Å². The van der Waals surface area contributed by atoms with Gasteiger partial charge < -0.3 is 9.84 Å². The molecule has 0 unspecified atom stereocenters. The van der Waals surface area contributed by atoms with Crippen LogP contribution in [0.4, 0.5) is 4.39 Å². The molecule has 0 aliphatic heterocycles. The van der Waals surface area contributed by atoms with Gasteiger partial charge in [-0.15, -0.1) is 0 Å². The number of halogens is 2. The van der Waals surface area contributed by atoms with E-state index >= 15 is 0 Å². The summed E-state index contributed by atoms with van der Waals surface area (Å²) in [4.78, 5) is 10.7. The van der Waals surface area contributed by atoms with Gasteiger partial charge in [0.15, 0.2) is 0 Å². The van der Waals surface area contributed by atoms with Crippen molar-refractivity contribution in [2.45, 2.75) is 6.61 Å². The Kier molecular flexibility index (Phi) is 4.41. The lowest BCUT2D eigenvalue weighted by Gasteiger charge is -2.09. The molecule has 1 N–H and O–H groups in total.